The first-order valence-corrected chi connectivity index (χ1v) is 10.2. The highest BCUT2D eigenvalue weighted by molar-refractivity contribution is 6.01. The fraction of sp³-hybridized carbons (Fsp3) is 0.240. The molecule has 2 atom stereocenters. The smallest absolute Gasteiger partial charge is 0.214 e. The number of hydrogen-bond acceptors (Lipinski definition) is 6. The maximum Gasteiger partial charge on any atom is 0.214 e. The number of fused-ring (bicyclic) bond motifs is 3. The molecule has 5 rings (SSSR count). The number of hydrazone groups is 1. The predicted molar refractivity (Wildman–Crippen MR) is 118 cm³/mol. The van der Waals surface area contributed by atoms with Gasteiger partial charge < -0.3 is 18.9 Å². The van der Waals surface area contributed by atoms with E-state index in [4.69, 9.17) is 24.0 Å². The molecule has 2 aliphatic heterocycles. The topological polar surface area (TPSA) is 52.5 Å². The Balaban J connectivity index is 1.60. The molecule has 0 radical (unpaired) electrons. The summed E-state index contributed by atoms with van der Waals surface area (Å²) in [5, 5.41) is 7.05. The standard InChI is InChI=1S/C25H24N2O4/c1-28-18-10-12-22-19(14-18)21-15-20(16-7-5-4-6-8-16)26-27(21)25(31-22)17-9-11-23(29-2)24(13-17)30-3/h4-14,21,25H,15H2,1-3H3/t21-,25-/m1/s1. The summed E-state index contributed by atoms with van der Waals surface area (Å²) >= 11 is 0. The molecule has 0 amide bonds. The van der Waals surface area contributed by atoms with Crippen LogP contribution >= 0.6 is 0 Å². The normalized spacial score (nSPS) is 19.1. The van der Waals surface area contributed by atoms with Gasteiger partial charge in [0.2, 0.25) is 6.23 Å². The van der Waals surface area contributed by atoms with Crippen molar-refractivity contribution >= 4 is 5.71 Å². The maximum absolute atomic E-state index is 6.46. The molecule has 0 saturated heterocycles. The van der Waals surface area contributed by atoms with Crippen molar-refractivity contribution in [2.24, 2.45) is 5.10 Å². The molecule has 3 aromatic rings. The minimum atomic E-state index is -0.382. The average molecular weight is 416 g/mol. The van der Waals surface area contributed by atoms with Crippen molar-refractivity contribution < 1.29 is 18.9 Å². The second kappa shape index (κ2) is 7.87. The fourth-order valence-electron chi connectivity index (χ4n) is 4.22. The zero-order valence-electron chi connectivity index (χ0n) is 17.7. The van der Waals surface area contributed by atoms with Gasteiger partial charge in [-0.2, -0.15) is 5.10 Å². The summed E-state index contributed by atoms with van der Waals surface area (Å²) in [6.45, 7) is 0. The SMILES string of the molecule is COc1ccc2c(c1)[C@H]1CC(c3ccccc3)=NN1[C@@H](c1ccc(OC)c(OC)c1)O2. The number of hydrogen-bond donors (Lipinski definition) is 0. The second-order valence-corrected chi connectivity index (χ2v) is 7.50. The summed E-state index contributed by atoms with van der Waals surface area (Å²) in [4.78, 5) is 0. The number of benzene rings is 3. The van der Waals surface area contributed by atoms with Crippen molar-refractivity contribution in [3.63, 3.8) is 0 Å². The molecule has 0 saturated carbocycles. The molecule has 0 aliphatic carbocycles. The molecule has 2 heterocycles. The Morgan fingerprint density at radius 1 is 0.871 bits per heavy atom. The van der Waals surface area contributed by atoms with Gasteiger partial charge in [0.25, 0.3) is 0 Å². The van der Waals surface area contributed by atoms with Gasteiger partial charge in [0.1, 0.15) is 11.5 Å². The average Bonchev–Trinajstić information content (AvgIpc) is 3.29. The molecule has 3 aromatic carbocycles. The first-order valence-electron chi connectivity index (χ1n) is 10.2. The van der Waals surface area contributed by atoms with Crippen molar-refractivity contribution in [1.82, 2.24) is 5.01 Å². The lowest BCUT2D eigenvalue weighted by molar-refractivity contribution is -0.0193. The molecule has 2 aliphatic rings. The molecule has 0 fully saturated rings. The van der Waals surface area contributed by atoms with Crippen LogP contribution in [0.3, 0.4) is 0 Å². The van der Waals surface area contributed by atoms with E-state index in [0.717, 1.165) is 40.3 Å². The fourth-order valence-corrected chi connectivity index (χ4v) is 4.22. The minimum Gasteiger partial charge on any atom is -0.497 e. The Kier molecular flexibility index (Phi) is 4.90. The summed E-state index contributed by atoms with van der Waals surface area (Å²) in [5.41, 5.74) is 4.18. The van der Waals surface area contributed by atoms with Gasteiger partial charge in [0.15, 0.2) is 11.5 Å². The summed E-state index contributed by atoms with van der Waals surface area (Å²) in [7, 11) is 4.94. The Morgan fingerprint density at radius 2 is 1.68 bits per heavy atom. The number of rotatable bonds is 5. The molecule has 0 aromatic heterocycles. The zero-order chi connectivity index (χ0) is 21.4. The van der Waals surface area contributed by atoms with Crippen molar-refractivity contribution in [3.8, 4) is 23.0 Å². The van der Waals surface area contributed by atoms with Gasteiger partial charge in [0, 0.05) is 17.5 Å². The summed E-state index contributed by atoms with van der Waals surface area (Å²) < 4.78 is 22.8. The summed E-state index contributed by atoms with van der Waals surface area (Å²) in [6, 6.07) is 22.1. The third-order valence-electron chi connectivity index (χ3n) is 5.80. The monoisotopic (exact) mass is 416 g/mol. The number of ether oxygens (including phenoxy) is 4. The first-order chi connectivity index (χ1) is 15.2. The lowest BCUT2D eigenvalue weighted by atomic mass is 9.95. The van der Waals surface area contributed by atoms with Crippen LogP contribution in [0, 0.1) is 0 Å². The van der Waals surface area contributed by atoms with Crippen molar-refractivity contribution in [3.05, 3.63) is 83.4 Å². The van der Waals surface area contributed by atoms with Crippen LogP contribution in [-0.4, -0.2) is 32.0 Å². The van der Waals surface area contributed by atoms with Gasteiger partial charge in [-0.15, -0.1) is 0 Å². The van der Waals surface area contributed by atoms with Crippen LogP contribution in [0.2, 0.25) is 0 Å². The third-order valence-corrected chi connectivity index (χ3v) is 5.80. The highest BCUT2D eigenvalue weighted by Crippen LogP contribution is 2.49. The molecular weight excluding hydrogens is 392 g/mol. The lowest BCUT2D eigenvalue weighted by Crippen LogP contribution is -2.33. The van der Waals surface area contributed by atoms with E-state index in [1.54, 1.807) is 21.3 Å². The first kappa shape index (κ1) is 19.3. The zero-order valence-corrected chi connectivity index (χ0v) is 17.7. The molecule has 0 N–H and O–H groups in total. The largest absolute Gasteiger partial charge is 0.497 e. The van der Waals surface area contributed by atoms with E-state index in [1.807, 2.05) is 59.6 Å². The van der Waals surface area contributed by atoms with Crippen LogP contribution in [0.4, 0.5) is 0 Å². The molecule has 31 heavy (non-hydrogen) atoms. The van der Waals surface area contributed by atoms with E-state index in [9.17, 15) is 0 Å². The lowest BCUT2D eigenvalue weighted by Gasteiger charge is -2.38. The van der Waals surface area contributed by atoms with Crippen LogP contribution in [-0.2, 0) is 0 Å². The van der Waals surface area contributed by atoms with Crippen LogP contribution in [0.15, 0.2) is 71.8 Å². The highest BCUT2D eigenvalue weighted by Gasteiger charge is 2.41. The van der Waals surface area contributed by atoms with Gasteiger partial charge in [-0.05, 0) is 42.0 Å². The molecule has 6 nitrogen and oxygen atoms in total. The Hall–Kier alpha value is -3.67. The number of methoxy groups -OCH3 is 3. The van der Waals surface area contributed by atoms with Crippen LogP contribution in [0.5, 0.6) is 23.0 Å². The number of nitrogens with zero attached hydrogens (tertiary/aromatic N) is 2. The van der Waals surface area contributed by atoms with E-state index < -0.39 is 0 Å². The third kappa shape index (κ3) is 3.34. The summed E-state index contributed by atoms with van der Waals surface area (Å²) in [5.74, 6) is 2.98. The van der Waals surface area contributed by atoms with E-state index in [-0.39, 0.29) is 12.3 Å². The van der Waals surface area contributed by atoms with E-state index in [0.29, 0.717) is 11.5 Å². The van der Waals surface area contributed by atoms with Crippen molar-refractivity contribution in [1.29, 1.82) is 0 Å². The molecule has 0 spiro atoms. The van der Waals surface area contributed by atoms with E-state index in [1.165, 1.54) is 0 Å². The Morgan fingerprint density at radius 3 is 2.42 bits per heavy atom. The molecule has 6 heteroatoms. The van der Waals surface area contributed by atoms with E-state index >= 15 is 0 Å². The van der Waals surface area contributed by atoms with Gasteiger partial charge in [-0.3, -0.25) is 0 Å². The van der Waals surface area contributed by atoms with Crippen molar-refractivity contribution in [2.75, 3.05) is 21.3 Å². The molecule has 158 valence electrons. The van der Waals surface area contributed by atoms with Crippen LogP contribution < -0.4 is 18.9 Å². The molecular formula is C25H24N2O4. The Labute approximate surface area is 181 Å². The maximum atomic E-state index is 6.46. The van der Waals surface area contributed by atoms with Gasteiger partial charge in [-0.25, -0.2) is 5.01 Å². The second-order valence-electron chi connectivity index (χ2n) is 7.50. The Bertz CT molecular complexity index is 1130. The van der Waals surface area contributed by atoms with Gasteiger partial charge in [0.05, 0.1) is 33.1 Å². The summed E-state index contributed by atoms with van der Waals surface area (Å²) in [6.07, 6.45) is 0.407. The van der Waals surface area contributed by atoms with Gasteiger partial charge >= 0.3 is 0 Å². The van der Waals surface area contributed by atoms with Crippen molar-refractivity contribution in [2.45, 2.75) is 18.7 Å². The minimum absolute atomic E-state index is 0.0483. The molecule has 0 bridgehead atoms. The molecule has 0 unspecified atom stereocenters. The highest BCUT2D eigenvalue weighted by atomic mass is 16.5. The van der Waals surface area contributed by atoms with Crippen LogP contribution in [0.1, 0.15) is 35.4 Å². The van der Waals surface area contributed by atoms with Crippen LogP contribution in [0.25, 0.3) is 0 Å². The van der Waals surface area contributed by atoms with Gasteiger partial charge in [-0.1, -0.05) is 30.3 Å². The van der Waals surface area contributed by atoms with E-state index in [2.05, 4.69) is 12.1 Å². The quantitative estimate of drug-likeness (QED) is 0.589. The predicted octanol–water partition coefficient (Wildman–Crippen LogP) is 4.95.